The highest BCUT2D eigenvalue weighted by molar-refractivity contribution is 7.47. The maximum absolute atomic E-state index is 13.1. The number of hydrogen-bond donors (Lipinski definition) is 3. The van der Waals surface area contributed by atoms with Crippen molar-refractivity contribution in [2.24, 2.45) is 23.7 Å². The van der Waals surface area contributed by atoms with Gasteiger partial charge >= 0.3 is 39.5 Å². The summed E-state index contributed by atoms with van der Waals surface area (Å²) in [5, 5.41) is 10.6. The minimum atomic E-state index is -4.96. The number of unbranched alkanes of at least 4 members (excludes halogenated alkanes) is 37. The Morgan fingerprint density at radius 3 is 0.755 bits per heavy atom. The van der Waals surface area contributed by atoms with Crippen molar-refractivity contribution in [1.82, 2.24) is 0 Å². The van der Waals surface area contributed by atoms with Gasteiger partial charge in [0, 0.05) is 25.7 Å². The second kappa shape index (κ2) is 64.4. The number of rotatable bonds is 72. The van der Waals surface area contributed by atoms with Gasteiger partial charge in [0.25, 0.3) is 0 Å². The van der Waals surface area contributed by atoms with Gasteiger partial charge in [0.1, 0.15) is 19.3 Å². The Balaban J connectivity index is 5.21. The van der Waals surface area contributed by atoms with E-state index >= 15 is 0 Å². The summed E-state index contributed by atoms with van der Waals surface area (Å²) in [6.45, 7) is 14.1. The van der Waals surface area contributed by atoms with Gasteiger partial charge in [-0.25, -0.2) is 9.13 Å². The van der Waals surface area contributed by atoms with Crippen LogP contribution in [0.2, 0.25) is 0 Å². The summed E-state index contributed by atoms with van der Waals surface area (Å²) in [6, 6.07) is 0. The number of hydrogen-bond acceptors (Lipinski definition) is 15. The number of esters is 4. The minimum Gasteiger partial charge on any atom is -0.462 e. The van der Waals surface area contributed by atoms with Crippen LogP contribution >= 0.6 is 15.6 Å². The van der Waals surface area contributed by atoms with E-state index in [-0.39, 0.29) is 25.7 Å². The van der Waals surface area contributed by atoms with Gasteiger partial charge in [-0.1, -0.05) is 325 Å². The molecule has 0 aromatic rings. The van der Waals surface area contributed by atoms with Crippen LogP contribution in [0.5, 0.6) is 0 Å². The molecule has 0 aromatic carbocycles. The first-order valence-corrected chi connectivity index (χ1v) is 41.7. The number of aliphatic hydroxyl groups is 1. The van der Waals surface area contributed by atoms with Gasteiger partial charge in [0.2, 0.25) is 0 Å². The molecule has 0 saturated carbocycles. The molecule has 94 heavy (non-hydrogen) atoms. The Morgan fingerprint density at radius 1 is 0.298 bits per heavy atom. The van der Waals surface area contributed by atoms with Crippen molar-refractivity contribution in [1.29, 1.82) is 0 Å². The largest absolute Gasteiger partial charge is 0.472 e. The third-order valence-corrected chi connectivity index (χ3v) is 19.6. The lowest BCUT2D eigenvalue weighted by atomic mass is 10.00. The van der Waals surface area contributed by atoms with E-state index < -0.39 is 97.5 Å². The molecule has 0 radical (unpaired) electrons. The predicted molar refractivity (Wildman–Crippen MR) is 381 cm³/mol. The second-order valence-electron chi connectivity index (χ2n) is 28.7. The number of aliphatic hydroxyl groups excluding tert-OH is 1. The quantitative estimate of drug-likeness (QED) is 0.0222. The SMILES string of the molecule is CCC(C)CCCCCCCCC(=O)O[C@H](COC(=O)CCCCCCCCC(C)C)COP(=O)(O)OC[C@H](O)COP(=O)(O)OC[C@@H](COC(=O)CCCCCCCCCCCCCCCCCCC(C)C)OC(=O)CCCCCCCCCCCCCCCC(C)C. The monoisotopic (exact) mass is 1380 g/mol. The van der Waals surface area contributed by atoms with Gasteiger partial charge < -0.3 is 33.8 Å². The number of carbonyl (C=O) groups excluding carboxylic acids is 4. The first-order chi connectivity index (χ1) is 45.1. The van der Waals surface area contributed by atoms with E-state index in [1.807, 2.05) is 0 Å². The topological polar surface area (TPSA) is 237 Å². The minimum absolute atomic E-state index is 0.102. The normalized spacial score (nSPS) is 14.4. The average Bonchev–Trinajstić information content (AvgIpc) is 1.40. The van der Waals surface area contributed by atoms with E-state index in [2.05, 4.69) is 55.4 Å². The second-order valence-corrected chi connectivity index (χ2v) is 31.6. The summed E-state index contributed by atoms with van der Waals surface area (Å²) >= 11 is 0. The summed E-state index contributed by atoms with van der Waals surface area (Å²) in [4.78, 5) is 72.7. The van der Waals surface area contributed by atoms with E-state index in [1.54, 1.807) is 0 Å². The third kappa shape index (κ3) is 67.3. The van der Waals surface area contributed by atoms with Gasteiger partial charge in [-0.3, -0.25) is 37.3 Å². The Kier molecular flexibility index (Phi) is 63.1. The number of phosphoric acid groups is 2. The number of ether oxygens (including phenoxy) is 4. The molecule has 0 bridgehead atoms. The summed E-state index contributed by atoms with van der Waals surface area (Å²) in [5.74, 6) is 0.872. The molecular formula is C75H146O17P2. The van der Waals surface area contributed by atoms with E-state index in [0.29, 0.717) is 31.6 Å². The van der Waals surface area contributed by atoms with Crippen molar-refractivity contribution in [3.05, 3.63) is 0 Å². The predicted octanol–water partition coefficient (Wildman–Crippen LogP) is 21.7. The fourth-order valence-corrected chi connectivity index (χ4v) is 12.9. The first kappa shape index (κ1) is 92.1. The Bertz CT molecular complexity index is 1850. The fraction of sp³-hybridized carbons (Fsp3) is 0.947. The smallest absolute Gasteiger partial charge is 0.462 e. The highest BCUT2D eigenvalue weighted by Gasteiger charge is 2.30. The molecular weight excluding hydrogens is 1230 g/mol. The van der Waals surface area contributed by atoms with Gasteiger partial charge in [0.05, 0.1) is 26.4 Å². The molecule has 19 heteroatoms. The lowest BCUT2D eigenvalue weighted by molar-refractivity contribution is -0.161. The van der Waals surface area contributed by atoms with Crippen molar-refractivity contribution in [2.75, 3.05) is 39.6 Å². The number of phosphoric ester groups is 2. The van der Waals surface area contributed by atoms with E-state index in [0.717, 1.165) is 114 Å². The van der Waals surface area contributed by atoms with Crippen LogP contribution in [0.3, 0.4) is 0 Å². The fourth-order valence-electron chi connectivity index (χ4n) is 11.3. The summed E-state index contributed by atoms with van der Waals surface area (Å²) in [6.07, 6.45) is 48.9. The molecule has 0 spiro atoms. The zero-order valence-electron chi connectivity index (χ0n) is 61.6. The molecule has 0 fully saturated rings. The zero-order valence-corrected chi connectivity index (χ0v) is 63.4. The lowest BCUT2D eigenvalue weighted by Gasteiger charge is -2.21. The highest BCUT2D eigenvalue weighted by atomic mass is 31.2. The van der Waals surface area contributed by atoms with Gasteiger partial charge in [-0.05, 0) is 49.4 Å². The van der Waals surface area contributed by atoms with Crippen LogP contribution in [-0.2, 0) is 65.4 Å². The summed E-state index contributed by atoms with van der Waals surface area (Å²) in [7, 11) is -9.91. The van der Waals surface area contributed by atoms with Crippen molar-refractivity contribution in [3.8, 4) is 0 Å². The molecule has 558 valence electrons. The van der Waals surface area contributed by atoms with E-state index in [1.165, 1.54) is 173 Å². The Morgan fingerprint density at radius 2 is 0.511 bits per heavy atom. The average molecular weight is 1380 g/mol. The molecule has 0 saturated heterocycles. The van der Waals surface area contributed by atoms with E-state index in [4.69, 9.17) is 37.0 Å². The van der Waals surface area contributed by atoms with Crippen molar-refractivity contribution in [3.63, 3.8) is 0 Å². The summed E-state index contributed by atoms with van der Waals surface area (Å²) in [5.41, 5.74) is 0. The van der Waals surface area contributed by atoms with Crippen molar-refractivity contribution in [2.45, 2.75) is 395 Å². The van der Waals surface area contributed by atoms with Crippen LogP contribution in [0, 0.1) is 23.7 Å². The maximum atomic E-state index is 13.1. The molecule has 0 aliphatic carbocycles. The van der Waals surface area contributed by atoms with Crippen molar-refractivity contribution >= 4 is 39.5 Å². The third-order valence-electron chi connectivity index (χ3n) is 17.7. The molecule has 17 nitrogen and oxygen atoms in total. The maximum Gasteiger partial charge on any atom is 0.472 e. The summed E-state index contributed by atoms with van der Waals surface area (Å²) < 4.78 is 68.4. The Labute approximate surface area is 575 Å². The van der Waals surface area contributed by atoms with Crippen LogP contribution in [0.25, 0.3) is 0 Å². The lowest BCUT2D eigenvalue weighted by Crippen LogP contribution is -2.30. The van der Waals surface area contributed by atoms with Crippen LogP contribution < -0.4 is 0 Å². The highest BCUT2D eigenvalue weighted by Crippen LogP contribution is 2.45. The van der Waals surface area contributed by atoms with Gasteiger partial charge in [0.15, 0.2) is 12.2 Å². The van der Waals surface area contributed by atoms with Gasteiger partial charge in [-0.15, -0.1) is 0 Å². The van der Waals surface area contributed by atoms with Crippen molar-refractivity contribution < 1.29 is 80.2 Å². The molecule has 0 aliphatic heterocycles. The van der Waals surface area contributed by atoms with Crippen LogP contribution in [0.4, 0.5) is 0 Å². The van der Waals surface area contributed by atoms with E-state index in [9.17, 15) is 43.2 Å². The molecule has 0 rings (SSSR count). The number of carbonyl (C=O) groups is 4. The molecule has 6 atom stereocenters. The Hall–Kier alpha value is -1.94. The molecule has 0 aliphatic rings. The van der Waals surface area contributed by atoms with Gasteiger partial charge in [-0.2, -0.15) is 0 Å². The van der Waals surface area contributed by atoms with Crippen LogP contribution in [-0.4, -0.2) is 96.7 Å². The zero-order chi connectivity index (χ0) is 69.6. The molecule has 0 amide bonds. The van der Waals surface area contributed by atoms with Crippen LogP contribution in [0.1, 0.15) is 376 Å². The molecule has 0 heterocycles. The molecule has 3 unspecified atom stereocenters. The standard InChI is InChI=1S/C75H146O17P2/c1-9-68(8)54-46-38-32-34-42-50-58-75(80)92-71(62-86-73(78)56-48-40-33-31-37-45-53-67(6)7)64-90-94(83,84)88-60-69(76)59-87-93(81,82)89-63-70(91-74(79)57-49-41-30-26-22-18-14-16-20-24-28-36-44-52-66(4)5)61-85-72(77)55-47-39-29-25-21-17-13-11-10-12-15-19-23-27-35-43-51-65(2)3/h65-71,76H,9-64H2,1-8H3,(H,81,82)(H,83,84)/t68?,69-,70-,71-/m1/s1. The molecule has 3 N–H and O–H groups in total. The van der Waals surface area contributed by atoms with Crippen LogP contribution in [0.15, 0.2) is 0 Å². The molecule has 0 aromatic heterocycles. The first-order valence-electron chi connectivity index (χ1n) is 38.7.